The lowest BCUT2D eigenvalue weighted by molar-refractivity contribution is 0.178. The van der Waals surface area contributed by atoms with Gasteiger partial charge in [0.05, 0.1) is 6.10 Å². The van der Waals surface area contributed by atoms with Crippen LogP contribution in [0.4, 0.5) is 0 Å². The molecule has 0 heterocycles. The Hall–Kier alpha value is -0.100. The number of hydrogen-bond acceptors (Lipinski definition) is 1. The molecule has 0 bridgehead atoms. The van der Waals surface area contributed by atoms with Crippen LogP contribution >= 0.6 is 50.1 Å². The van der Waals surface area contributed by atoms with E-state index in [0.717, 1.165) is 15.6 Å². The summed E-state index contributed by atoms with van der Waals surface area (Å²) in [6.07, 6.45) is -0.0253. The van der Waals surface area contributed by atoms with Crippen molar-refractivity contribution in [3.05, 3.63) is 66.7 Å². The molecule has 0 saturated heterocycles. The van der Waals surface area contributed by atoms with Crippen molar-refractivity contribution in [3.63, 3.8) is 0 Å². The molecule has 0 radical (unpaired) electrons. The number of aliphatic hydroxyl groups excluding tert-OH is 1. The van der Waals surface area contributed by atoms with Gasteiger partial charge in [-0.2, -0.15) is 0 Å². The predicted octanol–water partition coefficient (Wildman–Crippen LogP) is 4.98. The molecule has 0 amide bonds. The van der Waals surface area contributed by atoms with E-state index in [-0.39, 0.29) is 0 Å². The van der Waals surface area contributed by atoms with Crippen LogP contribution in [0.2, 0.25) is 5.02 Å². The fourth-order valence-electron chi connectivity index (χ4n) is 1.72. The van der Waals surface area contributed by atoms with Crippen molar-refractivity contribution in [2.24, 2.45) is 0 Å². The summed E-state index contributed by atoms with van der Waals surface area (Å²) in [6.45, 7) is 0. The van der Waals surface area contributed by atoms with Gasteiger partial charge in [-0.1, -0.05) is 39.7 Å². The Labute approximate surface area is 133 Å². The van der Waals surface area contributed by atoms with Crippen molar-refractivity contribution in [2.45, 2.75) is 12.5 Å². The molecule has 2 aromatic rings. The first-order valence-electron chi connectivity index (χ1n) is 5.44. The zero-order valence-electron chi connectivity index (χ0n) is 9.41. The first-order chi connectivity index (χ1) is 8.56. The van der Waals surface area contributed by atoms with Crippen molar-refractivity contribution in [3.8, 4) is 0 Å². The molecule has 2 aromatic carbocycles. The van der Waals surface area contributed by atoms with Crippen molar-refractivity contribution < 1.29 is 5.11 Å². The molecule has 0 spiro atoms. The maximum Gasteiger partial charge on any atom is 0.0845 e. The Balaban J connectivity index is 2.18. The highest BCUT2D eigenvalue weighted by Crippen LogP contribution is 2.28. The Morgan fingerprint density at radius 2 is 1.83 bits per heavy atom. The summed E-state index contributed by atoms with van der Waals surface area (Å²) >= 11 is 11.8. The van der Waals surface area contributed by atoms with Crippen LogP contribution in [-0.4, -0.2) is 5.11 Å². The van der Waals surface area contributed by atoms with Crippen LogP contribution in [0.3, 0.4) is 0 Å². The van der Waals surface area contributed by atoms with E-state index >= 15 is 0 Å². The molecule has 1 N–H and O–H groups in total. The summed E-state index contributed by atoms with van der Waals surface area (Å²) in [6, 6.07) is 13.6. The second kappa shape index (κ2) is 6.37. The molecule has 0 aliphatic rings. The van der Waals surface area contributed by atoms with Crippen LogP contribution in [0.25, 0.3) is 0 Å². The molecule has 4 heteroatoms. The van der Waals surface area contributed by atoms with Gasteiger partial charge in [0.15, 0.2) is 0 Å². The van der Waals surface area contributed by atoms with Gasteiger partial charge in [0.2, 0.25) is 0 Å². The van der Waals surface area contributed by atoms with Crippen LogP contribution in [0, 0.1) is 3.57 Å². The van der Waals surface area contributed by atoms with Gasteiger partial charge < -0.3 is 5.11 Å². The van der Waals surface area contributed by atoms with Crippen molar-refractivity contribution >= 4 is 50.1 Å². The standard InChI is InChI=1S/C14H11BrClIO/c15-10-3-6-13(16)12(8-10)14(18)7-9-1-4-11(17)5-2-9/h1-6,8,14,18H,7H2. The molecule has 0 fully saturated rings. The lowest BCUT2D eigenvalue weighted by Gasteiger charge is -2.13. The van der Waals surface area contributed by atoms with E-state index in [1.54, 1.807) is 6.07 Å². The molecule has 1 unspecified atom stereocenters. The molecule has 2 rings (SSSR count). The largest absolute Gasteiger partial charge is 0.388 e. The average Bonchev–Trinajstić information content (AvgIpc) is 2.35. The summed E-state index contributed by atoms with van der Waals surface area (Å²) in [5.41, 5.74) is 1.85. The molecule has 18 heavy (non-hydrogen) atoms. The minimum absolute atomic E-state index is 0.563. The lowest BCUT2D eigenvalue weighted by atomic mass is 10.0. The van der Waals surface area contributed by atoms with E-state index in [2.05, 4.69) is 38.5 Å². The van der Waals surface area contributed by atoms with E-state index in [1.807, 2.05) is 36.4 Å². The van der Waals surface area contributed by atoms with Crippen molar-refractivity contribution in [2.75, 3.05) is 0 Å². The average molecular weight is 438 g/mol. The summed E-state index contributed by atoms with van der Waals surface area (Å²) < 4.78 is 2.11. The molecule has 0 aromatic heterocycles. The number of halogens is 3. The Morgan fingerprint density at radius 1 is 1.17 bits per heavy atom. The number of benzene rings is 2. The number of aliphatic hydroxyl groups is 1. The molecule has 0 aliphatic carbocycles. The number of hydrogen-bond donors (Lipinski definition) is 1. The second-order valence-corrected chi connectivity index (χ2v) is 6.58. The van der Waals surface area contributed by atoms with Crippen LogP contribution < -0.4 is 0 Å². The van der Waals surface area contributed by atoms with E-state index < -0.39 is 6.10 Å². The maximum atomic E-state index is 10.2. The summed E-state index contributed by atoms with van der Waals surface area (Å²) in [7, 11) is 0. The van der Waals surface area contributed by atoms with Gasteiger partial charge in [0.25, 0.3) is 0 Å². The lowest BCUT2D eigenvalue weighted by Crippen LogP contribution is -2.02. The summed E-state index contributed by atoms with van der Waals surface area (Å²) in [5, 5.41) is 10.8. The van der Waals surface area contributed by atoms with Crippen LogP contribution in [0.5, 0.6) is 0 Å². The van der Waals surface area contributed by atoms with Gasteiger partial charge in [0, 0.05) is 25.0 Å². The third kappa shape index (κ3) is 3.70. The minimum atomic E-state index is -0.588. The van der Waals surface area contributed by atoms with Crippen molar-refractivity contribution in [1.29, 1.82) is 0 Å². The monoisotopic (exact) mass is 436 g/mol. The maximum absolute atomic E-state index is 10.2. The Kier molecular flexibility index (Phi) is 5.06. The fourth-order valence-corrected chi connectivity index (χ4v) is 2.71. The predicted molar refractivity (Wildman–Crippen MR) is 87.0 cm³/mol. The third-order valence-corrected chi connectivity index (χ3v) is 4.22. The van der Waals surface area contributed by atoms with Gasteiger partial charge in [-0.05, 0) is 58.5 Å². The Bertz CT molecular complexity index is 542. The first kappa shape index (κ1) is 14.3. The van der Waals surface area contributed by atoms with Gasteiger partial charge in [-0.25, -0.2) is 0 Å². The molecule has 0 saturated carbocycles. The van der Waals surface area contributed by atoms with E-state index in [0.29, 0.717) is 11.4 Å². The van der Waals surface area contributed by atoms with Crippen LogP contribution in [0.15, 0.2) is 46.9 Å². The van der Waals surface area contributed by atoms with Crippen LogP contribution in [-0.2, 0) is 6.42 Å². The number of rotatable bonds is 3. The quantitative estimate of drug-likeness (QED) is 0.672. The molecular weight excluding hydrogens is 426 g/mol. The highest BCUT2D eigenvalue weighted by molar-refractivity contribution is 14.1. The normalized spacial score (nSPS) is 12.4. The summed E-state index contributed by atoms with van der Waals surface area (Å²) in [5.74, 6) is 0. The van der Waals surface area contributed by atoms with Gasteiger partial charge in [-0.3, -0.25) is 0 Å². The van der Waals surface area contributed by atoms with E-state index in [9.17, 15) is 5.11 Å². The smallest absolute Gasteiger partial charge is 0.0845 e. The SMILES string of the molecule is OC(Cc1ccc(I)cc1)c1cc(Br)ccc1Cl. The van der Waals surface area contributed by atoms with Gasteiger partial charge in [0.1, 0.15) is 0 Å². The van der Waals surface area contributed by atoms with Gasteiger partial charge in [-0.15, -0.1) is 0 Å². The highest BCUT2D eigenvalue weighted by atomic mass is 127. The first-order valence-corrected chi connectivity index (χ1v) is 7.68. The van der Waals surface area contributed by atoms with E-state index in [1.165, 1.54) is 3.57 Å². The fraction of sp³-hybridized carbons (Fsp3) is 0.143. The second-order valence-electron chi connectivity index (χ2n) is 4.01. The van der Waals surface area contributed by atoms with E-state index in [4.69, 9.17) is 11.6 Å². The molecule has 0 aliphatic heterocycles. The third-order valence-electron chi connectivity index (χ3n) is 2.66. The molecular formula is C14H11BrClIO. The molecule has 1 atom stereocenters. The molecule has 94 valence electrons. The Morgan fingerprint density at radius 3 is 2.50 bits per heavy atom. The van der Waals surface area contributed by atoms with Crippen molar-refractivity contribution in [1.82, 2.24) is 0 Å². The van der Waals surface area contributed by atoms with Gasteiger partial charge >= 0.3 is 0 Å². The highest BCUT2D eigenvalue weighted by Gasteiger charge is 2.12. The molecule has 1 nitrogen and oxygen atoms in total. The zero-order valence-corrected chi connectivity index (χ0v) is 13.9. The minimum Gasteiger partial charge on any atom is -0.388 e. The zero-order chi connectivity index (χ0) is 13.1. The van der Waals surface area contributed by atoms with Crippen LogP contribution in [0.1, 0.15) is 17.2 Å². The topological polar surface area (TPSA) is 20.2 Å². The summed E-state index contributed by atoms with van der Waals surface area (Å²) in [4.78, 5) is 0.